The van der Waals surface area contributed by atoms with Crippen LogP contribution in [0.4, 0.5) is 5.69 Å². The summed E-state index contributed by atoms with van der Waals surface area (Å²) in [5.41, 5.74) is 0.724. The highest BCUT2D eigenvalue weighted by Gasteiger charge is 2.16. The topological polar surface area (TPSA) is 93.1 Å². The summed E-state index contributed by atoms with van der Waals surface area (Å²) in [7, 11) is -3.64. The molecule has 0 aliphatic carbocycles. The van der Waals surface area contributed by atoms with Gasteiger partial charge in [0.15, 0.2) is 0 Å². The standard InChI is InChI=1S/C17H18N4O3S2/c1-13(11-21-8-7-18-12-21)19-17(22)14-4-2-5-15(10-14)20-26(23,24)16-6-3-9-25-16/h2-10,12-13,20H,11H2,1H3,(H,19,22)/t13-/m1/s1. The third-order valence-corrected chi connectivity index (χ3v) is 6.34. The van der Waals surface area contributed by atoms with Crippen molar-refractivity contribution in [3.63, 3.8) is 0 Å². The van der Waals surface area contributed by atoms with E-state index in [-0.39, 0.29) is 16.2 Å². The second-order valence-electron chi connectivity index (χ2n) is 5.75. The van der Waals surface area contributed by atoms with E-state index in [0.717, 1.165) is 11.3 Å². The summed E-state index contributed by atoms with van der Waals surface area (Å²) in [5, 5.41) is 4.58. The van der Waals surface area contributed by atoms with Gasteiger partial charge in [0.05, 0.1) is 6.33 Å². The highest BCUT2D eigenvalue weighted by atomic mass is 32.2. The van der Waals surface area contributed by atoms with Gasteiger partial charge in [-0.1, -0.05) is 12.1 Å². The second kappa shape index (κ2) is 7.71. The molecule has 0 aliphatic heterocycles. The number of nitrogens with one attached hydrogen (secondary N) is 2. The zero-order valence-electron chi connectivity index (χ0n) is 14.0. The summed E-state index contributed by atoms with van der Waals surface area (Å²) in [6, 6.07) is 9.50. The maximum atomic E-state index is 12.4. The number of rotatable bonds is 7. The summed E-state index contributed by atoms with van der Waals surface area (Å²) in [6.45, 7) is 2.48. The molecule has 1 amide bonds. The van der Waals surface area contributed by atoms with Crippen LogP contribution in [0.15, 0.2) is 64.7 Å². The Balaban J connectivity index is 1.67. The van der Waals surface area contributed by atoms with Gasteiger partial charge in [0.2, 0.25) is 0 Å². The van der Waals surface area contributed by atoms with Gasteiger partial charge in [-0.15, -0.1) is 11.3 Å². The van der Waals surface area contributed by atoms with Crippen molar-refractivity contribution in [3.05, 3.63) is 66.1 Å². The first kappa shape index (κ1) is 18.2. The highest BCUT2D eigenvalue weighted by molar-refractivity contribution is 7.94. The molecule has 2 aromatic heterocycles. The van der Waals surface area contributed by atoms with E-state index >= 15 is 0 Å². The summed E-state index contributed by atoms with van der Waals surface area (Å²) in [6.07, 6.45) is 5.18. The Morgan fingerprint density at radius 3 is 2.85 bits per heavy atom. The van der Waals surface area contributed by atoms with Crippen molar-refractivity contribution in [1.29, 1.82) is 0 Å². The molecule has 0 fully saturated rings. The van der Waals surface area contributed by atoms with Crippen molar-refractivity contribution < 1.29 is 13.2 Å². The van der Waals surface area contributed by atoms with Crippen LogP contribution in [-0.2, 0) is 16.6 Å². The van der Waals surface area contributed by atoms with Gasteiger partial charge >= 0.3 is 0 Å². The van der Waals surface area contributed by atoms with Crippen molar-refractivity contribution in [2.75, 3.05) is 4.72 Å². The van der Waals surface area contributed by atoms with Crippen molar-refractivity contribution in [3.8, 4) is 0 Å². The third kappa shape index (κ3) is 4.50. The van der Waals surface area contributed by atoms with Gasteiger partial charge < -0.3 is 9.88 Å². The monoisotopic (exact) mass is 390 g/mol. The minimum absolute atomic E-state index is 0.108. The molecule has 0 aliphatic rings. The molecule has 136 valence electrons. The fraction of sp³-hybridized carbons (Fsp3) is 0.176. The fourth-order valence-corrected chi connectivity index (χ4v) is 4.45. The smallest absolute Gasteiger partial charge is 0.271 e. The van der Waals surface area contributed by atoms with Crippen LogP contribution in [0.25, 0.3) is 0 Å². The van der Waals surface area contributed by atoms with Crippen LogP contribution in [0.3, 0.4) is 0 Å². The maximum absolute atomic E-state index is 12.4. The van der Waals surface area contributed by atoms with Gasteiger partial charge in [0.25, 0.3) is 15.9 Å². The lowest BCUT2D eigenvalue weighted by molar-refractivity contribution is 0.0936. The minimum atomic E-state index is -3.64. The van der Waals surface area contributed by atoms with Crippen LogP contribution in [0, 0.1) is 0 Å². The Labute approximate surface area is 155 Å². The van der Waals surface area contributed by atoms with Crippen LogP contribution < -0.4 is 10.0 Å². The summed E-state index contributed by atoms with van der Waals surface area (Å²) in [5.74, 6) is -0.269. The third-order valence-electron chi connectivity index (χ3n) is 3.56. The first-order chi connectivity index (χ1) is 12.4. The predicted octanol–water partition coefficient (Wildman–Crippen LogP) is 2.56. The molecule has 0 radical (unpaired) electrons. The summed E-state index contributed by atoms with van der Waals surface area (Å²) in [4.78, 5) is 16.4. The molecule has 2 heterocycles. The number of thiophene rings is 1. The van der Waals surface area contributed by atoms with E-state index in [4.69, 9.17) is 0 Å². The molecule has 26 heavy (non-hydrogen) atoms. The molecule has 1 atom stereocenters. The zero-order chi connectivity index (χ0) is 18.6. The molecule has 9 heteroatoms. The SMILES string of the molecule is C[C@H](Cn1ccnc1)NC(=O)c1cccc(NS(=O)(=O)c2cccs2)c1. The number of anilines is 1. The quantitative estimate of drug-likeness (QED) is 0.648. The molecule has 3 rings (SSSR count). The van der Waals surface area contributed by atoms with E-state index < -0.39 is 10.0 Å². The number of benzene rings is 1. The largest absolute Gasteiger partial charge is 0.348 e. The van der Waals surface area contributed by atoms with Crippen molar-refractivity contribution in [2.45, 2.75) is 23.7 Å². The van der Waals surface area contributed by atoms with E-state index in [1.165, 1.54) is 12.1 Å². The second-order valence-corrected chi connectivity index (χ2v) is 8.61. The van der Waals surface area contributed by atoms with Gasteiger partial charge in [-0.3, -0.25) is 9.52 Å². The lowest BCUT2D eigenvalue weighted by atomic mass is 10.2. The fourth-order valence-electron chi connectivity index (χ4n) is 2.41. The van der Waals surface area contributed by atoms with Gasteiger partial charge in [-0.25, -0.2) is 13.4 Å². The number of nitrogens with zero attached hydrogens (tertiary/aromatic N) is 2. The Morgan fingerprint density at radius 2 is 2.15 bits per heavy atom. The highest BCUT2D eigenvalue weighted by Crippen LogP contribution is 2.20. The van der Waals surface area contributed by atoms with Crippen LogP contribution in [0.1, 0.15) is 17.3 Å². The van der Waals surface area contributed by atoms with E-state index in [1.807, 2.05) is 17.7 Å². The average Bonchev–Trinajstić information content (AvgIpc) is 3.28. The Hall–Kier alpha value is -2.65. The lowest BCUT2D eigenvalue weighted by Crippen LogP contribution is -2.35. The van der Waals surface area contributed by atoms with Crippen molar-refractivity contribution >= 4 is 33.0 Å². The molecule has 2 N–H and O–H groups in total. The first-order valence-electron chi connectivity index (χ1n) is 7.87. The number of amides is 1. The molecule has 0 saturated carbocycles. The Morgan fingerprint density at radius 1 is 1.31 bits per heavy atom. The molecule has 3 aromatic rings. The Kier molecular flexibility index (Phi) is 5.38. The van der Waals surface area contributed by atoms with Gasteiger partial charge in [0.1, 0.15) is 4.21 Å². The zero-order valence-corrected chi connectivity index (χ0v) is 15.6. The van der Waals surface area contributed by atoms with Crippen LogP contribution in [-0.4, -0.2) is 29.9 Å². The van der Waals surface area contributed by atoms with Crippen molar-refractivity contribution in [2.24, 2.45) is 0 Å². The predicted molar refractivity (Wildman–Crippen MR) is 101 cm³/mol. The van der Waals surface area contributed by atoms with Gasteiger partial charge in [-0.05, 0) is 36.6 Å². The number of hydrogen-bond acceptors (Lipinski definition) is 5. The van der Waals surface area contributed by atoms with Crippen LogP contribution in [0.5, 0.6) is 0 Å². The van der Waals surface area contributed by atoms with E-state index in [1.54, 1.807) is 42.2 Å². The van der Waals surface area contributed by atoms with E-state index in [9.17, 15) is 13.2 Å². The average molecular weight is 390 g/mol. The van der Waals surface area contributed by atoms with Crippen molar-refractivity contribution in [1.82, 2.24) is 14.9 Å². The minimum Gasteiger partial charge on any atom is -0.348 e. The van der Waals surface area contributed by atoms with Gasteiger partial charge in [-0.2, -0.15) is 0 Å². The molecule has 7 nitrogen and oxygen atoms in total. The van der Waals surface area contributed by atoms with E-state index in [0.29, 0.717) is 17.8 Å². The molecular formula is C17H18N4O3S2. The number of hydrogen-bond donors (Lipinski definition) is 2. The molecule has 0 bridgehead atoms. The maximum Gasteiger partial charge on any atom is 0.271 e. The number of sulfonamides is 1. The molecule has 1 aromatic carbocycles. The van der Waals surface area contributed by atoms with Crippen LogP contribution in [0.2, 0.25) is 0 Å². The van der Waals surface area contributed by atoms with Gasteiger partial charge in [0, 0.05) is 36.2 Å². The molecule has 0 spiro atoms. The van der Waals surface area contributed by atoms with Crippen LogP contribution >= 0.6 is 11.3 Å². The normalized spacial score (nSPS) is 12.5. The lowest BCUT2D eigenvalue weighted by Gasteiger charge is -2.15. The molecule has 0 saturated heterocycles. The number of carbonyl (C=O) groups is 1. The number of imidazole rings is 1. The Bertz CT molecular complexity index is 967. The number of carbonyl (C=O) groups excluding carboxylic acids is 1. The number of aromatic nitrogens is 2. The summed E-state index contributed by atoms with van der Waals surface area (Å²) < 4.78 is 29.2. The first-order valence-corrected chi connectivity index (χ1v) is 10.2. The van der Waals surface area contributed by atoms with E-state index in [2.05, 4.69) is 15.0 Å². The summed E-state index contributed by atoms with van der Waals surface area (Å²) >= 11 is 1.13. The molecule has 0 unspecified atom stereocenters. The molecular weight excluding hydrogens is 372 g/mol.